The molecular formula is C15H25NS2. The van der Waals surface area contributed by atoms with E-state index in [1.807, 2.05) is 30.3 Å². The average molecular weight is 284 g/mol. The number of hydrogen-bond acceptors (Lipinski definition) is 2. The van der Waals surface area contributed by atoms with Gasteiger partial charge in [0, 0.05) is 0 Å². The standard InChI is InChI=1S/C8H20N.C7H6S2/c1-5-9(6-2,7-3)8-4;8-7(9)6-4-2-1-3-5-6/h5-8H2,1-4H3;1-5H,(H,8,9)/q+1;/p-1. The van der Waals surface area contributed by atoms with E-state index in [2.05, 4.69) is 27.7 Å². The summed E-state index contributed by atoms with van der Waals surface area (Å²) in [7, 11) is 0. The van der Waals surface area contributed by atoms with Crippen LogP contribution in [0.2, 0.25) is 0 Å². The van der Waals surface area contributed by atoms with Crippen LogP contribution in [0.5, 0.6) is 0 Å². The summed E-state index contributed by atoms with van der Waals surface area (Å²) in [6.07, 6.45) is 0. The molecule has 0 amide bonds. The highest BCUT2D eigenvalue weighted by atomic mass is 32.1. The number of hydrogen-bond donors (Lipinski definition) is 0. The zero-order valence-corrected chi connectivity index (χ0v) is 13.6. The molecule has 0 aliphatic heterocycles. The molecule has 0 saturated heterocycles. The molecule has 0 saturated carbocycles. The molecule has 0 aliphatic rings. The predicted octanol–water partition coefficient (Wildman–Crippen LogP) is 3.79. The Balaban J connectivity index is 0.000000321. The summed E-state index contributed by atoms with van der Waals surface area (Å²) in [5, 5.41) is 0. The molecule has 0 heterocycles. The van der Waals surface area contributed by atoms with Gasteiger partial charge in [-0.1, -0.05) is 30.3 Å². The molecule has 0 atom stereocenters. The zero-order chi connectivity index (χ0) is 14.0. The highest BCUT2D eigenvalue weighted by molar-refractivity contribution is 8.01. The van der Waals surface area contributed by atoms with Crippen LogP contribution >= 0.6 is 12.2 Å². The van der Waals surface area contributed by atoms with Crippen molar-refractivity contribution in [2.45, 2.75) is 27.7 Å². The molecule has 3 heteroatoms. The molecule has 1 aromatic carbocycles. The fourth-order valence-electron chi connectivity index (χ4n) is 1.92. The SMILES string of the molecule is CC[N+](CC)(CC)CC.S=C([S-])c1ccccc1. The molecule has 0 spiro atoms. The first-order valence-electron chi connectivity index (χ1n) is 6.66. The summed E-state index contributed by atoms with van der Waals surface area (Å²) in [5.41, 5.74) is 0.961. The maximum atomic E-state index is 4.78. The van der Waals surface area contributed by atoms with Crippen LogP contribution in [0.1, 0.15) is 33.3 Å². The van der Waals surface area contributed by atoms with Gasteiger partial charge < -0.3 is 29.3 Å². The number of thiocarbonyl (C=S) groups is 1. The number of rotatable bonds is 5. The van der Waals surface area contributed by atoms with Gasteiger partial charge in [0.25, 0.3) is 0 Å². The van der Waals surface area contributed by atoms with Crippen molar-refractivity contribution in [2.75, 3.05) is 26.2 Å². The van der Waals surface area contributed by atoms with Crippen LogP contribution in [0, 0.1) is 0 Å². The van der Waals surface area contributed by atoms with Crippen molar-refractivity contribution in [3.8, 4) is 0 Å². The van der Waals surface area contributed by atoms with E-state index >= 15 is 0 Å². The lowest BCUT2D eigenvalue weighted by atomic mass is 10.2. The second-order valence-corrected chi connectivity index (χ2v) is 5.33. The Hall–Kier alpha value is -0.510. The highest BCUT2D eigenvalue weighted by Gasteiger charge is 2.16. The van der Waals surface area contributed by atoms with Crippen LogP contribution in [0.15, 0.2) is 30.3 Å². The number of quaternary nitrogens is 1. The van der Waals surface area contributed by atoms with Crippen molar-refractivity contribution in [1.82, 2.24) is 0 Å². The average Bonchev–Trinajstić information content (AvgIpc) is 2.44. The largest absolute Gasteiger partial charge is 0.428 e. The first kappa shape index (κ1) is 17.5. The minimum atomic E-state index is 0.538. The maximum absolute atomic E-state index is 4.78. The van der Waals surface area contributed by atoms with Gasteiger partial charge in [0.1, 0.15) is 0 Å². The summed E-state index contributed by atoms with van der Waals surface area (Å²) in [6, 6.07) is 9.61. The third-order valence-corrected chi connectivity index (χ3v) is 4.16. The molecule has 0 aromatic heterocycles. The summed E-state index contributed by atoms with van der Waals surface area (Å²) in [6.45, 7) is 14.2. The molecule has 0 radical (unpaired) electrons. The van der Waals surface area contributed by atoms with Crippen LogP contribution in [0.4, 0.5) is 0 Å². The Bertz CT molecular complexity index is 314. The van der Waals surface area contributed by atoms with Gasteiger partial charge >= 0.3 is 0 Å². The Labute approximate surface area is 123 Å². The van der Waals surface area contributed by atoms with Crippen LogP contribution in [-0.2, 0) is 12.6 Å². The van der Waals surface area contributed by atoms with E-state index in [1.54, 1.807) is 0 Å². The van der Waals surface area contributed by atoms with Crippen molar-refractivity contribution in [2.24, 2.45) is 0 Å². The van der Waals surface area contributed by atoms with Crippen LogP contribution < -0.4 is 0 Å². The maximum Gasteiger partial charge on any atom is 0.0757 e. The fraction of sp³-hybridized carbons (Fsp3) is 0.533. The van der Waals surface area contributed by atoms with Crippen molar-refractivity contribution in [1.29, 1.82) is 0 Å². The van der Waals surface area contributed by atoms with Crippen LogP contribution in [0.3, 0.4) is 0 Å². The second kappa shape index (κ2) is 9.42. The molecule has 0 unspecified atom stereocenters. The van der Waals surface area contributed by atoms with Crippen LogP contribution in [0.25, 0.3) is 0 Å². The molecule has 0 fully saturated rings. The monoisotopic (exact) mass is 283 g/mol. The predicted molar refractivity (Wildman–Crippen MR) is 87.9 cm³/mol. The molecule has 1 aromatic rings. The molecule has 0 bridgehead atoms. The summed E-state index contributed by atoms with van der Waals surface area (Å²) < 4.78 is 1.82. The quantitative estimate of drug-likeness (QED) is 0.458. The van der Waals surface area contributed by atoms with E-state index < -0.39 is 0 Å². The smallest absolute Gasteiger partial charge is 0.0757 e. The first-order chi connectivity index (χ1) is 8.55. The summed E-state index contributed by atoms with van der Waals surface area (Å²) in [4.78, 5) is 0. The van der Waals surface area contributed by atoms with E-state index in [4.69, 9.17) is 24.8 Å². The van der Waals surface area contributed by atoms with Gasteiger partial charge in [-0.3, -0.25) is 0 Å². The van der Waals surface area contributed by atoms with Crippen molar-refractivity contribution in [3.63, 3.8) is 0 Å². The van der Waals surface area contributed by atoms with Gasteiger partial charge in [0.05, 0.1) is 26.2 Å². The van der Waals surface area contributed by atoms with Gasteiger partial charge in [-0.05, 0) is 33.3 Å². The van der Waals surface area contributed by atoms with E-state index in [0.29, 0.717) is 4.20 Å². The Morgan fingerprint density at radius 3 is 1.50 bits per heavy atom. The van der Waals surface area contributed by atoms with Gasteiger partial charge in [0.15, 0.2) is 0 Å². The Kier molecular flexibility index (Phi) is 9.16. The topological polar surface area (TPSA) is 0 Å². The summed E-state index contributed by atoms with van der Waals surface area (Å²) >= 11 is 9.55. The lowest BCUT2D eigenvalue weighted by Gasteiger charge is -2.34. The number of benzene rings is 1. The normalized spacial score (nSPS) is 10.4. The van der Waals surface area contributed by atoms with E-state index in [9.17, 15) is 0 Å². The van der Waals surface area contributed by atoms with Gasteiger partial charge in [0.2, 0.25) is 0 Å². The molecule has 18 heavy (non-hydrogen) atoms. The minimum Gasteiger partial charge on any atom is -0.428 e. The second-order valence-electron chi connectivity index (χ2n) is 4.26. The van der Waals surface area contributed by atoms with E-state index in [-0.39, 0.29) is 0 Å². The first-order valence-corrected chi connectivity index (χ1v) is 7.48. The Morgan fingerprint density at radius 1 is 0.944 bits per heavy atom. The van der Waals surface area contributed by atoms with E-state index in [1.165, 1.54) is 30.7 Å². The van der Waals surface area contributed by atoms with Crippen molar-refractivity contribution in [3.05, 3.63) is 35.9 Å². The molecular weight excluding hydrogens is 258 g/mol. The zero-order valence-electron chi connectivity index (χ0n) is 12.0. The van der Waals surface area contributed by atoms with Crippen molar-refractivity contribution >= 4 is 29.0 Å². The van der Waals surface area contributed by atoms with Gasteiger partial charge in [-0.15, -0.1) is 4.20 Å². The molecule has 1 rings (SSSR count). The van der Waals surface area contributed by atoms with Gasteiger partial charge in [-0.25, -0.2) is 0 Å². The molecule has 0 N–H and O–H groups in total. The van der Waals surface area contributed by atoms with Crippen molar-refractivity contribution < 1.29 is 4.48 Å². The van der Waals surface area contributed by atoms with Gasteiger partial charge in [-0.2, -0.15) is 0 Å². The lowest BCUT2D eigenvalue weighted by molar-refractivity contribution is -0.921. The summed E-state index contributed by atoms with van der Waals surface area (Å²) in [5.74, 6) is 0. The fourth-order valence-corrected chi connectivity index (χ4v) is 2.19. The molecule has 0 aliphatic carbocycles. The third kappa shape index (κ3) is 5.89. The highest BCUT2D eigenvalue weighted by Crippen LogP contribution is 2.03. The minimum absolute atomic E-state index is 0.538. The lowest BCUT2D eigenvalue weighted by Crippen LogP contribution is -2.47. The van der Waals surface area contributed by atoms with E-state index in [0.717, 1.165) is 5.56 Å². The van der Waals surface area contributed by atoms with Crippen LogP contribution in [-0.4, -0.2) is 34.9 Å². The Morgan fingerprint density at radius 2 is 1.33 bits per heavy atom. The molecule has 102 valence electrons. The number of nitrogens with zero attached hydrogens (tertiary/aromatic N) is 1. The third-order valence-electron chi connectivity index (χ3n) is 3.69. The molecule has 1 nitrogen and oxygen atoms in total.